The van der Waals surface area contributed by atoms with Crippen LogP contribution >= 0.6 is 0 Å². The molecule has 3 aromatic heterocycles. The van der Waals surface area contributed by atoms with Crippen molar-refractivity contribution in [1.29, 1.82) is 0 Å². The zero-order chi connectivity index (χ0) is 20.4. The molecule has 0 atom stereocenters. The lowest BCUT2D eigenvalue weighted by Crippen LogP contribution is -2.22. The smallest absolute Gasteiger partial charge is 0.251 e. The number of carbonyl (C=O) groups is 1. The number of nitrogens with one attached hydrogen (secondary N) is 1. The standard InChI is InChI=1S/C21H23N7O/c1-14-24-20-19(28(14)10-9-27(2)3)17-11-16(6-7-18(17)25-26-20)21(29)23-13-15-5-4-8-22-12-15/h4-8,11-12H,9-10,13H2,1-3H3,(H,23,29). The number of hydrogen-bond acceptors (Lipinski definition) is 6. The molecule has 0 bridgehead atoms. The Labute approximate surface area is 168 Å². The van der Waals surface area contributed by atoms with Crippen LogP contribution in [0.4, 0.5) is 0 Å². The number of pyridine rings is 1. The van der Waals surface area contributed by atoms with Gasteiger partial charge in [-0.3, -0.25) is 9.78 Å². The number of nitrogens with zero attached hydrogens (tertiary/aromatic N) is 6. The van der Waals surface area contributed by atoms with Crippen molar-refractivity contribution in [2.75, 3.05) is 20.6 Å². The van der Waals surface area contributed by atoms with Gasteiger partial charge in [0, 0.05) is 43.0 Å². The second kappa shape index (κ2) is 7.92. The number of rotatable bonds is 6. The van der Waals surface area contributed by atoms with Crippen molar-refractivity contribution >= 4 is 28.0 Å². The van der Waals surface area contributed by atoms with Crippen LogP contribution in [0.15, 0.2) is 42.7 Å². The van der Waals surface area contributed by atoms with E-state index in [2.05, 4.69) is 34.9 Å². The highest BCUT2D eigenvalue weighted by Crippen LogP contribution is 2.24. The third-order valence-corrected chi connectivity index (χ3v) is 4.85. The summed E-state index contributed by atoms with van der Waals surface area (Å²) in [4.78, 5) is 23.5. The summed E-state index contributed by atoms with van der Waals surface area (Å²) in [5.41, 5.74) is 3.78. The SMILES string of the molecule is Cc1nc2nnc3ccc(C(=O)NCc4cccnc4)cc3c2n1CCN(C)C. The van der Waals surface area contributed by atoms with E-state index in [-0.39, 0.29) is 5.91 Å². The van der Waals surface area contributed by atoms with Crippen molar-refractivity contribution in [2.45, 2.75) is 20.0 Å². The average Bonchev–Trinajstić information content (AvgIpc) is 3.06. The molecule has 0 saturated heterocycles. The summed E-state index contributed by atoms with van der Waals surface area (Å²) in [6, 6.07) is 9.26. The number of fused-ring (bicyclic) bond motifs is 3. The molecule has 0 unspecified atom stereocenters. The average molecular weight is 389 g/mol. The summed E-state index contributed by atoms with van der Waals surface area (Å²) >= 11 is 0. The topological polar surface area (TPSA) is 88.8 Å². The Kier molecular flexibility index (Phi) is 5.18. The molecule has 8 heteroatoms. The molecule has 29 heavy (non-hydrogen) atoms. The molecule has 8 nitrogen and oxygen atoms in total. The monoisotopic (exact) mass is 389 g/mol. The summed E-state index contributed by atoms with van der Waals surface area (Å²) in [6.45, 7) is 4.05. The van der Waals surface area contributed by atoms with E-state index < -0.39 is 0 Å². The first-order valence-electron chi connectivity index (χ1n) is 9.48. The predicted molar refractivity (Wildman–Crippen MR) is 112 cm³/mol. The molecule has 3 heterocycles. The molecule has 0 fully saturated rings. The van der Waals surface area contributed by atoms with Crippen LogP contribution in [0.5, 0.6) is 0 Å². The minimum Gasteiger partial charge on any atom is -0.348 e. The van der Waals surface area contributed by atoms with Gasteiger partial charge in [-0.15, -0.1) is 10.2 Å². The van der Waals surface area contributed by atoms with Gasteiger partial charge < -0.3 is 14.8 Å². The maximum atomic E-state index is 12.7. The number of likely N-dealkylation sites (N-methyl/N-ethyl adjacent to an activating group) is 1. The first-order chi connectivity index (χ1) is 14.0. The van der Waals surface area contributed by atoms with Crippen molar-refractivity contribution < 1.29 is 4.79 Å². The minimum atomic E-state index is -0.142. The highest BCUT2D eigenvalue weighted by molar-refractivity contribution is 6.05. The molecule has 1 amide bonds. The molecule has 0 aliphatic rings. The van der Waals surface area contributed by atoms with Crippen LogP contribution in [0.2, 0.25) is 0 Å². The first kappa shape index (κ1) is 18.9. The van der Waals surface area contributed by atoms with Crippen LogP contribution in [0, 0.1) is 6.92 Å². The number of hydrogen-bond donors (Lipinski definition) is 1. The number of benzene rings is 1. The summed E-state index contributed by atoms with van der Waals surface area (Å²) in [5.74, 6) is 0.742. The van der Waals surface area contributed by atoms with Gasteiger partial charge in [-0.25, -0.2) is 4.98 Å². The Morgan fingerprint density at radius 1 is 1.21 bits per heavy atom. The molecule has 4 rings (SSSR count). The molecular formula is C21H23N7O. The molecule has 0 spiro atoms. The van der Waals surface area contributed by atoms with Crippen LogP contribution in [0.25, 0.3) is 22.1 Å². The van der Waals surface area contributed by atoms with Gasteiger partial charge in [0.1, 0.15) is 5.82 Å². The quantitative estimate of drug-likeness (QED) is 0.544. The second-order valence-corrected chi connectivity index (χ2v) is 7.26. The fraction of sp³-hybridized carbons (Fsp3) is 0.286. The van der Waals surface area contributed by atoms with Crippen molar-refractivity contribution in [3.8, 4) is 0 Å². The largest absolute Gasteiger partial charge is 0.348 e. The van der Waals surface area contributed by atoms with E-state index in [9.17, 15) is 4.79 Å². The third-order valence-electron chi connectivity index (χ3n) is 4.85. The Morgan fingerprint density at radius 2 is 2.07 bits per heavy atom. The Hall–Kier alpha value is -3.39. The molecule has 1 N–H and O–H groups in total. The second-order valence-electron chi connectivity index (χ2n) is 7.26. The fourth-order valence-electron chi connectivity index (χ4n) is 3.30. The summed E-state index contributed by atoms with van der Waals surface area (Å²) in [5, 5.41) is 12.4. The summed E-state index contributed by atoms with van der Waals surface area (Å²) < 4.78 is 2.14. The highest BCUT2D eigenvalue weighted by atomic mass is 16.1. The minimum absolute atomic E-state index is 0.142. The van der Waals surface area contributed by atoms with E-state index in [4.69, 9.17) is 0 Å². The van der Waals surface area contributed by atoms with Gasteiger partial charge in [-0.05, 0) is 50.8 Å². The number of aryl methyl sites for hydroxylation is 1. The number of aromatic nitrogens is 5. The zero-order valence-electron chi connectivity index (χ0n) is 16.8. The third kappa shape index (κ3) is 3.93. The zero-order valence-corrected chi connectivity index (χ0v) is 16.8. The van der Waals surface area contributed by atoms with Gasteiger partial charge in [0.15, 0.2) is 0 Å². The lowest BCUT2D eigenvalue weighted by Gasteiger charge is -2.13. The van der Waals surface area contributed by atoms with Crippen LogP contribution in [-0.2, 0) is 13.1 Å². The van der Waals surface area contributed by atoms with Gasteiger partial charge in [0.2, 0.25) is 5.65 Å². The Morgan fingerprint density at radius 3 is 2.83 bits per heavy atom. The molecule has 4 aromatic rings. The summed E-state index contributed by atoms with van der Waals surface area (Å²) in [7, 11) is 4.08. The lowest BCUT2D eigenvalue weighted by atomic mass is 10.1. The lowest BCUT2D eigenvalue weighted by molar-refractivity contribution is 0.0951. The molecule has 148 valence electrons. The van der Waals surface area contributed by atoms with Crippen LogP contribution in [0.3, 0.4) is 0 Å². The van der Waals surface area contributed by atoms with E-state index in [0.717, 1.165) is 40.9 Å². The Bertz CT molecular complexity index is 1170. The van der Waals surface area contributed by atoms with Gasteiger partial charge in [0.05, 0.1) is 11.0 Å². The van der Waals surface area contributed by atoms with E-state index >= 15 is 0 Å². The van der Waals surface area contributed by atoms with Crippen LogP contribution < -0.4 is 5.32 Å². The molecule has 1 aromatic carbocycles. The van der Waals surface area contributed by atoms with Crippen LogP contribution in [-0.4, -0.2) is 56.2 Å². The highest BCUT2D eigenvalue weighted by Gasteiger charge is 2.15. The first-order valence-corrected chi connectivity index (χ1v) is 9.48. The van der Waals surface area contributed by atoms with Crippen molar-refractivity contribution in [3.63, 3.8) is 0 Å². The maximum absolute atomic E-state index is 12.7. The normalized spacial score (nSPS) is 11.4. The predicted octanol–water partition coefficient (Wildman–Crippen LogP) is 2.17. The van der Waals surface area contributed by atoms with Gasteiger partial charge in [-0.1, -0.05) is 6.07 Å². The number of carbonyl (C=O) groups excluding carboxylic acids is 1. The van der Waals surface area contributed by atoms with Gasteiger partial charge >= 0.3 is 0 Å². The fourth-order valence-corrected chi connectivity index (χ4v) is 3.30. The van der Waals surface area contributed by atoms with E-state index in [1.165, 1.54) is 0 Å². The maximum Gasteiger partial charge on any atom is 0.251 e. The number of imidazole rings is 1. The summed E-state index contributed by atoms with van der Waals surface area (Å²) in [6.07, 6.45) is 3.45. The van der Waals surface area contributed by atoms with E-state index in [1.54, 1.807) is 18.5 Å². The molecule has 0 saturated carbocycles. The van der Waals surface area contributed by atoms with E-state index in [0.29, 0.717) is 17.8 Å². The molecule has 0 aliphatic heterocycles. The van der Waals surface area contributed by atoms with E-state index in [1.807, 2.05) is 45.3 Å². The van der Waals surface area contributed by atoms with Gasteiger partial charge in [0.25, 0.3) is 5.91 Å². The molecular weight excluding hydrogens is 366 g/mol. The molecule has 0 aliphatic carbocycles. The van der Waals surface area contributed by atoms with Crippen molar-refractivity contribution in [2.24, 2.45) is 0 Å². The van der Waals surface area contributed by atoms with Crippen molar-refractivity contribution in [3.05, 3.63) is 59.7 Å². The molecule has 0 radical (unpaired) electrons. The van der Waals surface area contributed by atoms with Crippen molar-refractivity contribution in [1.82, 2.24) is 34.9 Å². The Balaban J connectivity index is 1.69. The van der Waals surface area contributed by atoms with Gasteiger partial charge in [-0.2, -0.15) is 0 Å². The van der Waals surface area contributed by atoms with Crippen LogP contribution in [0.1, 0.15) is 21.7 Å². The number of amides is 1.